The minimum Gasteiger partial charge on any atom is -0.288 e. The highest BCUT2D eigenvalue weighted by atomic mass is 14.8. The topological polar surface area (TPSA) is 12.4 Å². The number of hydrogen-bond donors (Lipinski definition) is 0. The van der Waals surface area contributed by atoms with E-state index in [4.69, 9.17) is 4.99 Å². The molecule has 2 aromatic carbocycles. The molecule has 1 heteroatoms. The van der Waals surface area contributed by atoms with E-state index in [-0.39, 0.29) is 6.04 Å². The van der Waals surface area contributed by atoms with Crippen LogP contribution in [0.2, 0.25) is 0 Å². The SMILES string of the molecule is CC1/C=C\C=C/C/C(C2=CC(C3C=CC=NC3C3C=CC=CC3)=CCC2)=c2/ccccc2=C1C1=c2cccc(C3CCCCC3)c2=CCC1. The standard InChI is InChI=1S/C48H51N/c1-34-17-5-2-10-24-40(37-22-13-23-38(33-37)41-31-16-32-49-48(41)36-20-8-4-9-21-36)43-25-11-12-26-45(43)47(34)46-30-15-28-42-39(27-14-29-44(42)46)35-18-6-3-7-19-35/h2,4-5,8-12,14,16-17,20,23,25-29,31-36,41,48H,3,6-7,13,15,18-19,21-22,24,30H2,1H3/b10-2-,17-5-,43-40+,47-45?. The normalized spacial score (nSPS) is 29.3. The molecule has 1 nitrogen and oxygen atoms in total. The van der Waals surface area contributed by atoms with Crippen molar-refractivity contribution >= 4 is 29.0 Å². The van der Waals surface area contributed by atoms with Gasteiger partial charge in [-0.25, -0.2) is 0 Å². The van der Waals surface area contributed by atoms with Crippen LogP contribution in [-0.2, 0) is 0 Å². The van der Waals surface area contributed by atoms with Gasteiger partial charge in [0.2, 0.25) is 0 Å². The van der Waals surface area contributed by atoms with Gasteiger partial charge in [-0.05, 0) is 118 Å². The van der Waals surface area contributed by atoms with Gasteiger partial charge < -0.3 is 0 Å². The molecule has 49 heavy (non-hydrogen) atoms. The van der Waals surface area contributed by atoms with E-state index < -0.39 is 0 Å². The average molecular weight is 642 g/mol. The maximum absolute atomic E-state index is 5.06. The van der Waals surface area contributed by atoms with E-state index in [1.807, 2.05) is 6.21 Å². The third kappa shape index (κ3) is 6.58. The second-order valence-electron chi connectivity index (χ2n) is 14.9. The van der Waals surface area contributed by atoms with E-state index in [1.54, 1.807) is 11.1 Å². The molecule has 1 aliphatic heterocycles. The lowest BCUT2D eigenvalue weighted by Gasteiger charge is -2.32. The van der Waals surface area contributed by atoms with Crippen LogP contribution in [0, 0.1) is 17.8 Å². The summed E-state index contributed by atoms with van der Waals surface area (Å²) < 4.78 is 0. The molecule has 1 heterocycles. The highest BCUT2D eigenvalue weighted by Gasteiger charge is 2.30. The molecule has 0 spiro atoms. The van der Waals surface area contributed by atoms with E-state index in [2.05, 4.69) is 128 Å². The van der Waals surface area contributed by atoms with Crippen LogP contribution in [0.15, 0.2) is 132 Å². The lowest BCUT2D eigenvalue weighted by molar-refractivity contribution is 0.440. The van der Waals surface area contributed by atoms with Crippen LogP contribution in [0.5, 0.6) is 0 Å². The van der Waals surface area contributed by atoms with Gasteiger partial charge in [0.25, 0.3) is 0 Å². The number of hydrogen-bond acceptors (Lipinski definition) is 1. The van der Waals surface area contributed by atoms with Gasteiger partial charge in [0.05, 0.1) is 6.04 Å². The number of fused-ring (bicyclic) bond motifs is 2. The number of benzene rings is 2. The van der Waals surface area contributed by atoms with Crippen molar-refractivity contribution in [2.75, 3.05) is 0 Å². The van der Waals surface area contributed by atoms with Crippen LogP contribution in [0.25, 0.3) is 22.8 Å². The minimum absolute atomic E-state index is 0.248. The fraction of sp³-hybridized carbons (Fsp3) is 0.354. The van der Waals surface area contributed by atoms with Crippen LogP contribution in [0.3, 0.4) is 0 Å². The second kappa shape index (κ2) is 14.7. The number of allylic oxidation sites excluding steroid dienone is 11. The Morgan fingerprint density at radius 3 is 2.39 bits per heavy atom. The van der Waals surface area contributed by atoms with Gasteiger partial charge in [-0.1, -0.05) is 142 Å². The lowest BCUT2D eigenvalue weighted by atomic mass is 9.76. The van der Waals surface area contributed by atoms with E-state index in [1.165, 1.54) is 75.3 Å². The van der Waals surface area contributed by atoms with E-state index in [0.29, 0.717) is 23.7 Å². The summed E-state index contributed by atoms with van der Waals surface area (Å²) >= 11 is 0. The molecular formula is C48H51N. The molecule has 0 amide bonds. The van der Waals surface area contributed by atoms with Gasteiger partial charge >= 0.3 is 0 Å². The molecule has 8 rings (SSSR count). The smallest absolute Gasteiger partial charge is 0.0668 e. The molecule has 1 saturated carbocycles. The van der Waals surface area contributed by atoms with Crippen molar-refractivity contribution in [3.8, 4) is 0 Å². The lowest BCUT2D eigenvalue weighted by Crippen LogP contribution is -2.38. The summed E-state index contributed by atoms with van der Waals surface area (Å²) in [6, 6.07) is 16.8. The van der Waals surface area contributed by atoms with E-state index >= 15 is 0 Å². The number of dihydropyridines is 1. The Morgan fingerprint density at radius 1 is 0.694 bits per heavy atom. The summed E-state index contributed by atoms with van der Waals surface area (Å²) in [5.74, 6) is 1.76. The summed E-state index contributed by atoms with van der Waals surface area (Å²) in [6.45, 7) is 2.42. The Hall–Kier alpha value is -4.23. The van der Waals surface area contributed by atoms with Crippen molar-refractivity contribution in [1.82, 2.24) is 0 Å². The Bertz CT molecular complexity index is 2080. The van der Waals surface area contributed by atoms with Gasteiger partial charge in [-0.2, -0.15) is 0 Å². The molecule has 5 aliphatic carbocycles. The van der Waals surface area contributed by atoms with Crippen LogP contribution >= 0.6 is 0 Å². The highest BCUT2D eigenvalue weighted by Crippen LogP contribution is 2.37. The average Bonchev–Trinajstić information content (AvgIpc) is 3.17. The van der Waals surface area contributed by atoms with Crippen molar-refractivity contribution < 1.29 is 0 Å². The zero-order chi connectivity index (χ0) is 33.0. The van der Waals surface area contributed by atoms with Gasteiger partial charge in [0, 0.05) is 24.0 Å². The molecule has 4 atom stereocenters. The maximum atomic E-state index is 5.06. The van der Waals surface area contributed by atoms with Gasteiger partial charge in [-0.3, -0.25) is 4.99 Å². The van der Waals surface area contributed by atoms with Gasteiger partial charge in [-0.15, -0.1) is 0 Å². The number of rotatable bonds is 5. The summed E-state index contributed by atoms with van der Waals surface area (Å²) in [5.41, 5.74) is 9.10. The molecule has 0 aromatic heterocycles. The van der Waals surface area contributed by atoms with Crippen molar-refractivity contribution in [3.05, 3.63) is 153 Å². The minimum atomic E-state index is 0.248. The first-order chi connectivity index (χ1) is 24.3. The first-order valence-corrected chi connectivity index (χ1v) is 19.2. The Labute approximate surface area is 293 Å². The number of nitrogens with zero attached hydrogens (tertiary/aromatic N) is 1. The van der Waals surface area contributed by atoms with Gasteiger partial charge in [0.1, 0.15) is 0 Å². The molecule has 0 N–H and O–H groups in total. The van der Waals surface area contributed by atoms with E-state index in [0.717, 1.165) is 38.5 Å². The van der Waals surface area contributed by atoms with Crippen LogP contribution in [-0.4, -0.2) is 12.3 Å². The second-order valence-corrected chi connectivity index (χ2v) is 14.9. The highest BCUT2D eigenvalue weighted by molar-refractivity contribution is 5.91. The molecule has 0 saturated heterocycles. The fourth-order valence-corrected chi connectivity index (χ4v) is 9.55. The van der Waals surface area contributed by atoms with Crippen molar-refractivity contribution in [2.45, 2.75) is 89.5 Å². The fourth-order valence-electron chi connectivity index (χ4n) is 9.55. The van der Waals surface area contributed by atoms with Crippen LogP contribution in [0.1, 0.15) is 89.0 Å². The Balaban J connectivity index is 1.31. The van der Waals surface area contributed by atoms with E-state index in [9.17, 15) is 0 Å². The molecule has 0 radical (unpaired) electrons. The molecule has 248 valence electrons. The molecule has 4 unspecified atom stereocenters. The maximum Gasteiger partial charge on any atom is 0.0668 e. The Kier molecular flexibility index (Phi) is 9.61. The quantitative estimate of drug-likeness (QED) is 0.309. The third-order valence-corrected chi connectivity index (χ3v) is 11.9. The zero-order valence-electron chi connectivity index (χ0n) is 29.2. The summed E-state index contributed by atoms with van der Waals surface area (Å²) in [7, 11) is 0. The monoisotopic (exact) mass is 641 g/mol. The number of aliphatic imine (C=N–C) groups is 1. The third-order valence-electron chi connectivity index (χ3n) is 11.9. The summed E-state index contributed by atoms with van der Waals surface area (Å²) in [5, 5.41) is 5.85. The largest absolute Gasteiger partial charge is 0.288 e. The predicted molar refractivity (Wildman–Crippen MR) is 210 cm³/mol. The Morgan fingerprint density at radius 2 is 1.51 bits per heavy atom. The van der Waals surface area contributed by atoms with Crippen LogP contribution in [0.4, 0.5) is 0 Å². The molecular weight excluding hydrogens is 591 g/mol. The van der Waals surface area contributed by atoms with Crippen molar-refractivity contribution in [1.29, 1.82) is 0 Å². The molecule has 1 fully saturated rings. The molecule has 6 aliphatic rings. The van der Waals surface area contributed by atoms with Gasteiger partial charge in [0.15, 0.2) is 0 Å². The molecule has 0 bridgehead atoms. The van der Waals surface area contributed by atoms with Crippen LogP contribution < -0.4 is 20.9 Å². The predicted octanol–water partition coefficient (Wildman–Crippen LogP) is 9.02. The summed E-state index contributed by atoms with van der Waals surface area (Å²) in [4.78, 5) is 5.06. The first-order valence-electron chi connectivity index (χ1n) is 19.2. The summed E-state index contributed by atoms with van der Waals surface area (Å²) in [6.07, 6.45) is 45.8. The first kappa shape index (κ1) is 32.0. The zero-order valence-corrected chi connectivity index (χ0v) is 29.2. The van der Waals surface area contributed by atoms with Crippen molar-refractivity contribution in [2.24, 2.45) is 22.7 Å². The van der Waals surface area contributed by atoms with Crippen molar-refractivity contribution in [3.63, 3.8) is 0 Å². The molecule has 2 aromatic rings.